The van der Waals surface area contributed by atoms with Gasteiger partial charge >= 0.3 is 0 Å². The largest absolute Gasteiger partial charge is 0.242 e. The van der Waals surface area contributed by atoms with E-state index in [1.54, 1.807) is 0 Å². The Kier molecular flexibility index (Phi) is 7.54. The third kappa shape index (κ3) is 5.71. The molecule has 0 spiro atoms. The molecule has 0 N–H and O–H groups in total. The van der Waals surface area contributed by atoms with Crippen molar-refractivity contribution in [3.8, 4) is 0 Å². The second-order valence-corrected chi connectivity index (χ2v) is 8.89. The number of hydrogen-bond donors (Lipinski definition) is 0. The SMILES string of the molecule is C=CCC(Cc1ccc(Cl)cc1)N(CC=C)S(=O)C(C)(C)C. The van der Waals surface area contributed by atoms with E-state index in [0.717, 1.165) is 17.9 Å². The monoisotopic (exact) mass is 339 g/mol. The lowest BCUT2D eigenvalue weighted by molar-refractivity contribution is 0.354. The van der Waals surface area contributed by atoms with Crippen LogP contribution >= 0.6 is 11.6 Å². The Balaban J connectivity index is 3.02. The summed E-state index contributed by atoms with van der Waals surface area (Å²) in [5.41, 5.74) is 1.18. The molecule has 0 aromatic heterocycles. The van der Waals surface area contributed by atoms with Crippen LogP contribution in [0.15, 0.2) is 49.6 Å². The molecule has 4 heteroatoms. The van der Waals surface area contributed by atoms with E-state index in [-0.39, 0.29) is 10.8 Å². The lowest BCUT2D eigenvalue weighted by Crippen LogP contribution is -2.44. The van der Waals surface area contributed by atoms with E-state index in [1.165, 1.54) is 5.56 Å². The van der Waals surface area contributed by atoms with E-state index < -0.39 is 11.0 Å². The smallest absolute Gasteiger partial charge is 0.100 e. The highest BCUT2D eigenvalue weighted by molar-refractivity contribution is 7.84. The lowest BCUT2D eigenvalue weighted by Gasteiger charge is -2.34. The summed E-state index contributed by atoms with van der Waals surface area (Å²) in [6, 6.07) is 7.94. The average Bonchev–Trinajstić information content (AvgIpc) is 2.45. The van der Waals surface area contributed by atoms with Crippen molar-refractivity contribution in [1.29, 1.82) is 0 Å². The Hall–Kier alpha value is -0.900. The molecule has 1 rings (SSSR count). The van der Waals surface area contributed by atoms with Crippen molar-refractivity contribution in [2.45, 2.75) is 44.4 Å². The zero-order chi connectivity index (χ0) is 16.8. The van der Waals surface area contributed by atoms with Crippen LogP contribution in [-0.4, -0.2) is 25.8 Å². The molecule has 0 bridgehead atoms. The van der Waals surface area contributed by atoms with Gasteiger partial charge in [0, 0.05) is 17.6 Å². The predicted molar refractivity (Wildman–Crippen MR) is 98.6 cm³/mol. The third-order valence-electron chi connectivity index (χ3n) is 3.28. The minimum absolute atomic E-state index is 0.122. The van der Waals surface area contributed by atoms with Crippen LogP contribution < -0.4 is 0 Å². The van der Waals surface area contributed by atoms with Crippen molar-refractivity contribution in [1.82, 2.24) is 4.31 Å². The van der Waals surface area contributed by atoms with Crippen LogP contribution in [0.1, 0.15) is 32.8 Å². The van der Waals surface area contributed by atoms with E-state index in [2.05, 4.69) is 13.2 Å². The Bertz CT molecular complexity index is 519. The lowest BCUT2D eigenvalue weighted by atomic mass is 10.0. The molecule has 1 aromatic rings. The van der Waals surface area contributed by atoms with Crippen molar-refractivity contribution in [2.24, 2.45) is 0 Å². The molecule has 0 aliphatic carbocycles. The highest BCUT2D eigenvalue weighted by Crippen LogP contribution is 2.22. The summed E-state index contributed by atoms with van der Waals surface area (Å²) in [4.78, 5) is 0. The molecule has 2 atom stereocenters. The highest BCUT2D eigenvalue weighted by atomic mass is 35.5. The molecule has 1 aromatic carbocycles. The van der Waals surface area contributed by atoms with E-state index in [4.69, 9.17) is 11.6 Å². The first-order chi connectivity index (χ1) is 10.3. The highest BCUT2D eigenvalue weighted by Gasteiger charge is 2.30. The van der Waals surface area contributed by atoms with E-state index in [9.17, 15) is 4.21 Å². The number of nitrogens with zero attached hydrogens (tertiary/aromatic N) is 1. The maximum Gasteiger partial charge on any atom is 0.100 e. The summed E-state index contributed by atoms with van der Waals surface area (Å²) < 4.78 is 14.6. The van der Waals surface area contributed by atoms with Crippen molar-refractivity contribution in [3.63, 3.8) is 0 Å². The molecular formula is C18H26ClNOS. The van der Waals surface area contributed by atoms with Crippen LogP contribution in [0.25, 0.3) is 0 Å². The Morgan fingerprint density at radius 1 is 1.23 bits per heavy atom. The molecule has 0 aliphatic rings. The van der Waals surface area contributed by atoms with Gasteiger partial charge < -0.3 is 0 Å². The van der Waals surface area contributed by atoms with Crippen molar-refractivity contribution in [3.05, 3.63) is 60.2 Å². The first-order valence-electron chi connectivity index (χ1n) is 7.44. The van der Waals surface area contributed by atoms with Crippen LogP contribution in [0.2, 0.25) is 5.02 Å². The number of rotatable bonds is 8. The second kappa shape index (κ2) is 8.66. The number of benzene rings is 1. The van der Waals surface area contributed by atoms with Crippen LogP contribution in [0.4, 0.5) is 0 Å². The standard InChI is InChI=1S/C18H26ClNOS/c1-6-8-17(14-15-9-11-16(19)12-10-15)20(13-7-2)22(21)18(3,4)5/h6-7,9-12,17H,1-2,8,13-14H2,3-5H3. The third-order valence-corrected chi connectivity index (χ3v) is 5.45. The molecule has 122 valence electrons. The molecule has 0 heterocycles. The minimum atomic E-state index is -1.10. The van der Waals surface area contributed by atoms with Gasteiger partial charge in [-0.3, -0.25) is 0 Å². The number of hydrogen-bond acceptors (Lipinski definition) is 1. The van der Waals surface area contributed by atoms with Gasteiger partial charge in [-0.15, -0.1) is 13.2 Å². The molecule has 2 unspecified atom stereocenters. The first kappa shape index (κ1) is 19.1. The Labute approximate surface area is 142 Å². The molecule has 0 aliphatic heterocycles. The van der Waals surface area contributed by atoms with Gasteiger partial charge in [0.2, 0.25) is 0 Å². The van der Waals surface area contributed by atoms with Crippen LogP contribution in [0, 0.1) is 0 Å². The maximum atomic E-state index is 12.8. The summed E-state index contributed by atoms with van der Waals surface area (Å²) >= 11 is 5.94. The first-order valence-corrected chi connectivity index (χ1v) is 8.93. The summed E-state index contributed by atoms with van der Waals surface area (Å²) in [6.07, 6.45) is 5.27. The molecule has 0 fully saturated rings. The predicted octanol–water partition coefficient (Wildman–Crippen LogP) is 4.78. The summed E-state index contributed by atoms with van der Waals surface area (Å²) in [5.74, 6) is 0. The normalized spacial score (nSPS) is 14.6. The van der Waals surface area contributed by atoms with Gasteiger partial charge in [0.05, 0.1) is 4.75 Å². The molecule has 0 saturated carbocycles. The number of halogens is 1. The van der Waals surface area contributed by atoms with Crippen LogP contribution in [0.3, 0.4) is 0 Å². The second-order valence-electron chi connectivity index (χ2n) is 6.26. The van der Waals surface area contributed by atoms with Crippen LogP contribution in [0.5, 0.6) is 0 Å². The fourth-order valence-corrected chi connectivity index (χ4v) is 3.72. The van der Waals surface area contributed by atoms with Gasteiger partial charge in [-0.2, -0.15) is 0 Å². The zero-order valence-electron chi connectivity index (χ0n) is 13.7. The van der Waals surface area contributed by atoms with Gasteiger partial charge in [0.25, 0.3) is 0 Å². The van der Waals surface area contributed by atoms with Gasteiger partial charge in [0.1, 0.15) is 11.0 Å². The fraction of sp³-hybridized carbons (Fsp3) is 0.444. The fourth-order valence-electron chi connectivity index (χ4n) is 2.22. The summed E-state index contributed by atoms with van der Waals surface area (Å²) in [6.45, 7) is 14.2. The molecular weight excluding hydrogens is 314 g/mol. The molecule has 2 nitrogen and oxygen atoms in total. The van der Waals surface area contributed by atoms with E-state index in [0.29, 0.717) is 6.54 Å². The van der Waals surface area contributed by atoms with Gasteiger partial charge in [0.15, 0.2) is 0 Å². The summed E-state index contributed by atoms with van der Waals surface area (Å²) in [7, 11) is -1.10. The maximum absolute atomic E-state index is 12.8. The molecule has 0 amide bonds. The molecule has 22 heavy (non-hydrogen) atoms. The van der Waals surface area contributed by atoms with Gasteiger partial charge in [-0.05, 0) is 51.3 Å². The van der Waals surface area contributed by atoms with Crippen LogP contribution in [-0.2, 0) is 17.4 Å². The molecule has 0 saturated heterocycles. The van der Waals surface area contributed by atoms with E-state index >= 15 is 0 Å². The van der Waals surface area contributed by atoms with E-state index in [1.807, 2.05) is 61.5 Å². The minimum Gasteiger partial charge on any atom is -0.242 e. The van der Waals surface area contributed by atoms with Gasteiger partial charge in [-0.1, -0.05) is 35.9 Å². The average molecular weight is 340 g/mol. The van der Waals surface area contributed by atoms with Crippen molar-refractivity contribution >= 4 is 22.6 Å². The summed E-state index contributed by atoms with van der Waals surface area (Å²) in [5, 5.41) is 0.727. The van der Waals surface area contributed by atoms with Crippen molar-refractivity contribution < 1.29 is 4.21 Å². The Morgan fingerprint density at radius 3 is 2.27 bits per heavy atom. The quantitative estimate of drug-likeness (QED) is 0.624. The zero-order valence-corrected chi connectivity index (χ0v) is 15.3. The van der Waals surface area contributed by atoms with Crippen molar-refractivity contribution in [2.75, 3.05) is 6.54 Å². The Morgan fingerprint density at radius 2 is 1.82 bits per heavy atom. The van der Waals surface area contributed by atoms with Gasteiger partial charge in [-0.25, -0.2) is 8.51 Å². The molecule has 0 radical (unpaired) electrons. The topological polar surface area (TPSA) is 20.3 Å².